The summed E-state index contributed by atoms with van der Waals surface area (Å²) in [5.41, 5.74) is 5.15. The maximum atomic E-state index is 11.6. The molecule has 0 aromatic heterocycles. The van der Waals surface area contributed by atoms with Gasteiger partial charge >= 0.3 is 0 Å². The zero-order chi connectivity index (χ0) is 11.8. The van der Waals surface area contributed by atoms with Gasteiger partial charge in [0.05, 0.1) is 17.6 Å². The van der Waals surface area contributed by atoms with Crippen LogP contribution in [0, 0.1) is 11.3 Å². The van der Waals surface area contributed by atoms with Crippen molar-refractivity contribution in [3.8, 4) is 0 Å². The van der Waals surface area contributed by atoms with Crippen LogP contribution in [-0.2, 0) is 9.84 Å². The van der Waals surface area contributed by atoms with Crippen molar-refractivity contribution in [2.75, 3.05) is 29.6 Å². The molecule has 0 bridgehead atoms. The first kappa shape index (κ1) is 12.7. The second kappa shape index (κ2) is 4.48. The molecule has 0 spiro atoms. The fraction of sp³-hybridized carbons (Fsp3) is 1.00. The van der Waals surface area contributed by atoms with Crippen LogP contribution in [-0.4, -0.2) is 49.2 Å². The minimum atomic E-state index is -2.99. The Bertz CT molecular complexity index is 351. The number of hydrogen-bond donors (Lipinski definition) is 2. The van der Waals surface area contributed by atoms with E-state index in [-0.39, 0.29) is 24.0 Å². The van der Waals surface area contributed by atoms with Gasteiger partial charge < -0.3 is 10.8 Å². The number of thioether (sulfide) groups is 1. The Balaban J connectivity index is 2.15. The Hall–Kier alpha value is 0.220. The van der Waals surface area contributed by atoms with E-state index in [1.165, 1.54) is 0 Å². The molecule has 2 heterocycles. The molecule has 0 amide bonds. The highest BCUT2D eigenvalue weighted by atomic mass is 32.2. The Morgan fingerprint density at radius 1 is 1.56 bits per heavy atom. The van der Waals surface area contributed by atoms with Crippen LogP contribution in [0.1, 0.15) is 12.8 Å². The Kier molecular flexibility index (Phi) is 3.55. The van der Waals surface area contributed by atoms with Crippen molar-refractivity contribution < 1.29 is 13.5 Å². The standard InChI is InChI=1S/C10H19NO3S2/c11-6-10(2-4-16(13,14)7-10)9(12)8-1-3-15-5-8/h8-9,12H,1-7,11H2. The lowest BCUT2D eigenvalue weighted by Crippen LogP contribution is -2.46. The second-order valence-electron chi connectivity index (χ2n) is 4.98. The van der Waals surface area contributed by atoms with Crippen molar-refractivity contribution >= 4 is 21.6 Å². The van der Waals surface area contributed by atoms with Crippen molar-refractivity contribution in [1.29, 1.82) is 0 Å². The van der Waals surface area contributed by atoms with Gasteiger partial charge in [0.1, 0.15) is 0 Å². The summed E-state index contributed by atoms with van der Waals surface area (Å²) in [7, 11) is -2.99. The minimum Gasteiger partial charge on any atom is -0.392 e. The van der Waals surface area contributed by atoms with Gasteiger partial charge in [0.25, 0.3) is 0 Å². The first-order valence-electron chi connectivity index (χ1n) is 5.65. The van der Waals surface area contributed by atoms with Crippen molar-refractivity contribution in [3.05, 3.63) is 0 Å². The molecule has 3 N–H and O–H groups in total. The molecule has 2 fully saturated rings. The lowest BCUT2D eigenvalue weighted by molar-refractivity contribution is 0.00828. The van der Waals surface area contributed by atoms with E-state index in [4.69, 9.17) is 5.73 Å². The molecule has 0 aromatic rings. The van der Waals surface area contributed by atoms with Gasteiger partial charge in [0, 0.05) is 12.0 Å². The maximum absolute atomic E-state index is 11.6. The van der Waals surface area contributed by atoms with Gasteiger partial charge in [-0.15, -0.1) is 0 Å². The summed E-state index contributed by atoms with van der Waals surface area (Å²) in [6.45, 7) is 0.272. The third-order valence-electron chi connectivity index (χ3n) is 3.86. The summed E-state index contributed by atoms with van der Waals surface area (Å²) in [5.74, 6) is 2.47. The number of hydrogen-bond acceptors (Lipinski definition) is 5. The highest BCUT2D eigenvalue weighted by Crippen LogP contribution is 2.41. The van der Waals surface area contributed by atoms with Crippen LogP contribution >= 0.6 is 11.8 Å². The normalized spacial score (nSPS) is 40.0. The Labute approximate surface area is 101 Å². The van der Waals surface area contributed by atoms with Gasteiger partial charge in [0.15, 0.2) is 9.84 Å². The topological polar surface area (TPSA) is 80.4 Å². The summed E-state index contributed by atoms with van der Waals surface area (Å²) in [4.78, 5) is 0. The van der Waals surface area contributed by atoms with Gasteiger partial charge in [-0.25, -0.2) is 8.42 Å². The van der Waals surface area contributed by atoms with Gasteiger partial charge in [-0.1, -0.05) is 0 Å². The molecule has 3 unspecified atom stereocenters. The summed E-state index contributed by atoms with van der Waals surface area (Å²) in [6, 6.07) is 0. The average Bonchev–Trinajstić information content (AvgIpc) is 2.85. The number of aliphatic hydroxyl groups is 1. The van der Waals surface area contributed by atoms with E-state index in [1.807, 2.05) is 11.8 Å². The lowest BCUT2D eigenvalue weighted by atomic mass is 9.76. The van der Waals surface area contributed by atoms with Crippen molar-refractivity contribution in [2.45, 2.75) is 18.9 Å². The number of aliphatic hydroxyl groups excluding tert-OH is 1. The first-order chi connectivity index (χ1) is 7.49. The largest absolute Gasteiger partial charge is 0.392 e. The summed E-state index contributed by atoms with van der Waals surface area (Å²) in [6.07, 6.45) is 0.951. The van der Waals surface area contributed by atoms with Crippen LogP contribution in [0.25, 0.3) is 0 Å². The zero-order valence-electron chi connectivity index (χ0n) is 9.26. The molecule has 6 heteroatoms. The van der Waals surface area contributed by atoms with E-state index in [0.29, 0.717) is 6.42 Å². The van der Waals surface area contributed by atoms with E-state index >= 15 is 0 Å². The smallest absolute Gasteiger partial charge is 0.151 e. The van der Waals surface area contributed by atoms with Gasteiger partial charge in [0.2, 0.25) is 0 Å². The highest BCUT2D eigenvalue weighted by Gasteiger charge is 2.49. The molecule has 3 atom stereocenters. The second-order valence-corrected chi connectivity index (χ2v) is 8.31. The summed E-state index contributed by atoms with van der Waals surface area (Å²) in [5, 5.41) is 10.4. The highest BCUT2D eigenvalue weighted by molar-refractivity contribution is 7.99. The number of sulfone groups is 1. The quantitative estimate of drug-likeness (QED) is 0.742. The third kappa shape index (κ3) is 2.25. The summed E-state index contributed by atoms with van der Waals surface area (Å²) >= 11 is 1.83. The van der Waals surface area contributed by atoms with Crippen molar-refractivity contribution in [1.82, 2.24) is 0 Å². The Morgan fingerprint density at radius 3 is 2.75 bits per heavy atom. The molecule has 2 rings (SSSR count). The average molecular weight is 265 g/mol. The van der Waals surface area contributed by atoms with Crippen LogP contribution < -0.4 is 5.73 Å². The molecular formula is C10H19NO3S2. The van der Waals surface area contributed by atoms with Crippen LogP contribution in [0.15, 0.2) is 0 Å². The molecule has 0 radical (unpaired) electrons. The van der Waals surface area contributed by atoms with Crippen LogP contribution in [0.2, 0.25) is 0 Å². The van der Waals surface area contributed by atoms with Gasteiger partial charge in [-0.2, -0.15) is 11.8 Å². The number of rotatable bonds is 3. The van der Waals surface area contributed by atoms with E-state index in [9.17, 15) is 13.5 Å². The lowest BCUT2D eigenvalue weighted by Gasteiger charge is -2.35. The van der Waals surface area contributed by atoms with Crippen molar-refractivity contribution in [2.24, 2.45) is 17.1 Å². The minimum absolute atomic E-state index is 0.0683. The van der Waals surface area contributed by atoms with E-state index in [0.717, 1.165) is 17.9 Å². The molecule has 0 saturated carbocycles. The molecule has 4 nitrogen and oxygen atoms in total. The predicted octanol–water partition coefficient (Wildman–Crippen LogP) is -0.136. The Morgan fingerprint density at radius 2 is 2.31 bits per heavy atom. The molecule has 2 aliphatic heterocycles. The van der Waals surface area contributed by atoms with E-state index < -0.39 is 21.4 Å². The van der Waals surface area contributed by atoms with E-state index in [1.54, 1.807) is 0 Å². The fourth-order valence-corrected chi connectivity index (χ4v) is 6.22. The number of nitrogens with two attached hydrogens (primary N) is 1. The fourth-order valence-electron chi connectivity index (χ4n) is 2.76. The SMILES string of the molecule is NCC1(C(O)C2CCSC2)CCS(=O)(=O)C1. The molecular weight excluding hydrogens is 246 g/mol. The molecule has 2 saturated heterocycles. The first-order valence-corrected chi connectivity index (χ1v) is 8.63. The van der Waals surface area contributed by atoms with Crippen molar-refractivity contribution in [3.63, 3.8) is 0 Å². The van der Waals surface area contributed by atoms with Crippen LogP contribution in [0.5, 0.6) is 0 Å². The zero-order valence-corrected chi connectivity index (χ0v) is 10.9. The maximum Gasteiger partial charge on any atom is 0.151 e. The predicted molar refractivity (Wildman–Crippen MR) is 66.2 cm³/mol. The summed E-state index contributed by atoms with van der Waals surface area (Å²) < 4.78 is 23.1. The van der Waals surface area contributed by atoms with Gasteiger partial charge in [-0.05, 0) is 30.3 Å². The molecule has 0 aliphatic carbocycles. The van der Waals surface area contributed by atoms with Crippen LogP contribution in [0.4, 0.5) is 0 Å². The molecule has 2 aliphatic rings. The van der Waals surface area contributed by atoms with E-state index in [2.05, 4.69) is 0 Å². The van der Waals surface area contributed by atoms with Crippen LogP contribution in [0.3, 0.4) is 0 Å². The monoisotopic (exact) mass is 265 g/mol. The molecule has 16 heavy (non-hydrogen) atoms. The van der Waals surface area contributed by atoms with Gasteiger partial charge in [-0.3, -0.25) is 0 Å². The third-order valence-corrected chi connectivity index (χ3v) is 6.89. The molecule has 0 aromatic carbocycles. The molecule has 94 valence electrons.